The number of carbonyl (C=O) groups is 1. The molecule has 0 bridgehead atoms. The van der Waals surface area contributed by atoms with Gasteiger partial charge in [-0.15, -0.1) is 0 Å². The highest BCUT2D eigenvalue weighted by Gasteiger charge is 2.43. The number of amides is 1. The minimum absolute atomic E-state index is 0.173. The van der Waals surface area contributed by atoms with Gasteiger partial charge in [0.05, 0.1) is 5.54 Å². The lowest BCUT2D eigenvalue weighted by molar-refractivity contribution is -0.127. The summed E-state index contributed by atoms with van der Waals surface area (Å²) in [4.78, 5) is 14.5. The van der Waals surface area contributed by atoms with Gasteiger partial charge in [0.25, 0.3) is 0 Å². The van der Waals surface area contributed by atoms with Crippen LogP contribution in [0.15, 0.2) is 0 Å². The van der Waals surface area contributed by atoms with Gasteiger partial charge in [0.15, 0.2) is 0 Å². The molecule has 2 aliphatic carbocycles. The fourth-order valence-corrected chi connectivity index (χ4v) is 3.66. The van der Waals surface area contributed by atoms with Crippen LogP contribution >= 0.6 is 0 Å². The first-order valence-electron chi connectivity index (χ1n) is 7.74. The Labute approximate surface area is 117 Å². The summed E-state index contributed by atoms with van der Waals surface area (Å²) in [5, 5.41) is 3.45. The Balaban J connectivity index is 2.06. The van der Waals surface area contributed by atoms with Crippen LogP contribution < -0.4 is 11.1 Å². The minimum atomic E-state index is -0.491. The molecule has 3 N–H and O–H groups in total. The number of hydrogen-bond acceptors (Lipinski definition) is 3. The van der Waals surface area contributed by atoms with Gasteiger partial charge in [-0.05, 0) is 59.4 Å². The highest BCUT2D eigenvalue weighted by molar-refractivity contribution is 5.85. The quantitative estimate of drug-likeness (QED) is 0.796. The molecular formula is C15H29N3O. The molecule has 19 heavy (non-hydrogen) atoms. The second kappa shape index (κ2) is 5.80. The summed E-state index contributed by atoms with van der Waals surface area (Å²) in [6.07, 6.45) is 8.02. The van der Waals surface area contributed by atoms with Crippen LogP contribution in [0.2, 0.25) is 0 Å². The zero-order valence-electron chi connectivity index (χ0n) is 12.6. The van der Waals surface area contributed by atoms with Gasteiger partial charge in [-0.25, -0.2) is 0 Å². The van der Waals surface area contributed by atoms with Crippen LogP contribution in [0.1, 0.15) is 58.8 Å². The molecule has 0 heterocycles. The summed E-state index contributed by atoms with van der Waals surface area (Å²) in [5.74, 6) is -0.173. The second-order valence-electron chi connectivity index (χ2n) is 6.75. The number of carbonyl (C=O) groups excluding carboxylic acids is 1. The molecule has 1 amide bonds. The Hall–Kier alpha value is -0.610. The Morgan fingerprint density at radius 3 is 2.37 bits per heavy atom. The second-order valence-corrected chi connectivity index (χ2v) is 6.75. The Kier molecular flexibility index (Phi) is 4.51. The van der Waals surface area contributed by atoms with Crippen molar-refractivity contribution in [1.82, 2.24) is 10.2 Å². The average Bonchev–Trinajstić information content (AvgIpc) is 2.25. The SMILES string of the molecule is CC(C)NC1(C(N)=O)CCCC(N(C)C2CCC2)C1. The van der Waals surface area contributed by atoms with Crippen molar-refractivity contribution in [3.63, 3.8) is 0 Å². The molecule has 0 aliphatic heterocycles. The van der Waals surface area contributed by atoms with Crippen LogP contribution in [0.25, 0.3) is 0 Å². The predicted molar refractivity (Wildman–Crippen MR) is 77.9 cm³/mol. The van der Waals surface area contributed by atoms with Gasteiger partial charge in [0, 0.05) is 18.1 Å². The first kappa shape index (κ1) is 14.8. The van der Waals surface area contributed by atoms with Crippen molar-refractivity contribution in [3.8, 4) is 0 Å². The van der Waals surface area contributed by atoms with Gasteiger partial charge in [0.2, 0.25) is 5.91 Å². The average molecular weight is 267 g/mol. The molecule has 2 saturated carbocycles. The number of hydrogen-bond donors (Lipinski definition) is 2. The van der Waals surface area contributed by atoms with Gasteiger partial charge in [-0.3, -0.25) is 4.79 Å². The third-order valence-electron chi connectivity index (χ3n) is 4.99. The summed E-state index contributed by atoms with van der Waals surface area (Å²) in [6.45, 7) is 4.17. The molecule has 2 unspecified atom stereocenters. The van der Waals surface area contributed by atoms with Crippen molar-refractivity contribution in [2.45, 2.75) is 82.5 Å². The number of rotatable bonds is 5. The molecule has 0 saturated heterocycles. The van der Waals surface area contributed by atoms with Gasteiger partial charge >= 0.3 is 0 Å². The molecular weight excluding hydrogens is 238 g/mol. The molecule has 0 spiro atoms. The monoisotopic (exact) mass is 267 g/mol. The zero-order chi connectivity index (χ0) is 14.0. The van der Waals surface area contributed by atoms with Gasteiger partial charge in [-0.2, -0.15) is 0 Å². The fourth-order valence-electron chi connectivity index (χ4n) is 3.66. The van der Waals surface area contributed by atoms with E-state index < -0.39 is 5.54 Å². The van der Waals surface area contributed by atoms with Crippen molar-refractivity contribution >= 4 is 5.91 Å². The fraction of sp³-hybridized carbons (Fsp3) is 0.933. The summed E-state index contributed by atoms with van der Waals surface area (Å²) >= 11 is 0. The summed E-state index contributed by atoms with van der Waals surface area (Å²) in [6, 6.07) is 1.52. The van der Waals surface area contributed by atoms with Crippen LogP contribution in [0, 0.1) is 0 Å². The molecule has 4 nitrogen and oxygen atoms in total. The van der Waals surface area contributed by atoms with Crippen LogP contribution in [0.3, 0.4) is 0 Å². The first-order chi connectivity index (χ1) is 8.94. The van der Waals surface area contributed by atoms with Gasteiger partial charge in [-0.1, -0.05) is 6.42 Å². The maximum Gasteiger partial charge on any atom is 0.237 e. The molecule has 4 heteroatoms. The van der Waals surface area contributed by atoms with Crippen molar-refractivity contribution < 1.29 is 4.79 Å². The lowest BCUT2D eigenvalue weighted by atomic mass is 9.76. The van der Waals surface area contributed by atoms with Crippen molar-refractivity contribution in [1.29, 1.82) is 0 Å². The highest BCUT2D eigenvalue weighted by Crippen LogP contribution is 2.35. The first-order valence-corrected chi connectivity index (χ1v) is 7.74. The third-order valence-corrected chi connectivity index (χ3v) is 4.99. The van der Waals surface area contributed by atoms with E-state index in [4.69, 9.17) is 5.73 Å². The van der Waals surface area contributed by atoms with Gasteiger partial charge < -0.3 is 16.0 Å². The molecule has 0 aromatic heterocycles. The van der Waals surface area contributed by atoms with Crippen LogP contribution in [0.4, 0.5) is 0 Å². The van der Waals surface area contributed by atoms with E-state index >= 15 is 0 Å². The maximum atomic E-state index is 12.0. The zero-order valence-corrected chi connectivity index (χ0v) is 12.6. The molecule has 2 atom stereocenters. The molecule has 2 fully saturated rings. The summed E-state index contributed by atoms with van der Waals surface area (Å²) < 4.78 is 0. The van der Waals surface area contributed by atoms with E-state index in [-0.39, 0.29) is 5.91 Å². The normalized spacial score (nSPS) is 32.6. The van der Waals surface area contributed by atoms with E-state index in [0.717, 1.165) is 25.3 Å². The minimum Gasteiger partial charge on any atom is -0.368 e. The number of primary amides is 1. The van der Waals surface area contributed by atoms with Crippen molar-refractivity contribution in [2.75, 3.05) is 7.05 Å². The molecule has 0 radical (unpaired) electrons. The molecule has 110 valence electrons. The predicted octanol–water partition coefficient (Wildman–Crippen LogP) is 1.64. The lowest BCUT2D eigenvalue weighted by Crippen LogP contribution is -2.62. The van der Waals surface area contributed by atoms with E-state index in [1.165, 1.54) is 25.7 Å². The van der Waals surface area contributed by atoms with Crippen LogP contribution in [-0.2, 0) is 4.79 Å². The van der Waals surface area contributed by atoms with E-state index in [1.54, 1.807) is 0 Å². The largest absolute Gasteiger partial charge is 0.368 e. The third kappa shape index (κ3) is 3.11. The van der Waals surface area contributed by atoms with Crippen LogP contribution in [-0.4, -0.2) is 41.5 Å². The lowest BCUT2D eigenvalue weighted by Gasteiger charge is -2.47. The number of nitrogens with zero attached hydrogens (tertiary/aromatic N) is 1. The smallest absolute Gasteiger partial charge is 0.237 e. The summed E-state index contributed by atoms with van der Waals surface area (Å²) in [5.41, 5.74) is 5.22. The van der Waals surface area contributed by atoms with Gasteiger partial charge in [0.1, 0.15) is 0 Å². The Bertz CT molecular complexity index is 327. The maximum absolute atomic E-state index is 12.0. The van der Waals surface area contributed by atoms with E-state index in [0.29, 0.717) is 12.1 Å². The Morgan fingerprint density at radius 1 is 1.26 bits per heavy atom. The van der Waals surface area contributed by atoms with Crippen molar-refractivity contribution in [2.24, 2.45) is 5.73 Å². The molecule has 0 aromatic carbocycles. The molecule has 2 aliphatic rings. The van der Waals surface area contributed by atoms with Crippen molar-refractivity contribution in [3.05, 3.63) is 0 Å². The topological polar surface area (TPSA) is 58.4 Å². The number of nitrogens with two attached hydrogens (primary N) is 1. The standard InChI is InChI=1S/C15H29N3O/c1-11(2)17-15(14(16)19)9-5-8-13(10-15)18(3)12-6-4-7-12/h11-13,17H,4-10H2,1-3H3,(H2,16,19). The Morgan fingerprint density at radius 2 is 1.89 bits per heavy atom. The number of nitrogens with one attached hydrogen (secondary N) is 1. The highest BCUT2D eigenvalue weighted by atomic mass is 16.1. The molecule has 2 rings (SSSR count). The van der Waals surface area contributed by atoms with E-state index in [1.807, 2.05) is 0 Å². The van der Waals surface area contributed by atoms with Crippen LogP contribution in [0.5, 0.6) is 0 Å². The van der Waals surface area contributed by atoms with E-state index in [9.17, 15) is 4.79 Å². The molecule has 0 aromatic rings. The van der Waals surface area contributed by atoms with E-state index in [2.05, 4.69) is 31.1 Å². The summed E-state index contributed by atoms with van der Waals surface area (Å²) in [7, 11) is 2.22.